The molecule has 0 radical (unpaired) electrons. The van der Waals surface area contributed by atoms with E-state index in [4.69, 9.17) is 14.9 Å². The summed E-state index contributed by atoms with van der Waals surface area (Å²) in [5, 5.41) is 17.3. The summed E-state index contributed by atoms with van der Waals surface area (Å²) < 4.78 is 30.5. The van der Waals surface area contributed by atoms with Crippen molar-refractivity contribution >= 4 is 16.0 Å². The van der Waals surface area contributed by atoms with Gasteiger partial charge in [-0.2, -0.15) is 0 Å². The van der Waals surface area contributed by atoms with Crippen LogP contribution in [0.3, 0.4) is 0 Å². The van der Waals surface area contributed by atoms with E-state index in [1.807, 2.05) is 0 Å². The maximum Gasteiger partial charge on any atom is 0.332 e. The van der Waals surface area contributed by atoms with Crippen LogP contribution in [-0.4, -0.2) is 55.7 Å². The fraction of sp³-hybridized carbons (Fsp3) is 0.889. The maximum absolute atomic E-state index is 11.5. The molecule has 3 N–H and O–H groups in total. The molecule has 0 aromatic carbocycles. The van der Waals surface area contributed by atoms with Crippen LogP contribution in [0.2, 0.25) is 0 Å². The number of carbonyl (C=O) groups is 1. The molecule has 0 amide bonds. The highest BCUT2D eigenvalue weighted by Gasteiger charge is 2.23. The van der Waals surface area contributed by atoms with Crippen molar-refractivity contribution in [3.8, 4) is 0 Å². The van der Waals surface area contributed by atoms with Gasteiger partial charge in [0.15, 0.2) is 6.10 Å². The van der Waals surface area contributed by atoms with Crippen LogP contribution < -0.4 is 4.72 Å². The predicted octanol–water partition coefficient (Wildman–Crippen LogP) is -1.08. The van der Waals surface area contributed by atoms with Gasteiger partial charge in [-0.15, -0.1) is 0 Å². The summed E-state index contributed by atoms with van der Waals surface area (Å²) >= 11 is 0. The lowest BCUT2D eigenvalue weighted by molar-refractivity contribution is -0.146. The van der Waals surface area contributed by atoms with Crippen molar-refractivity contribution in [3.05, 3.63) is 0 Å². The van der Waals surface area contributed by atoms with E-state index in [0.717, 1.165) is 12.8 Å². The van der Waals surface area contributed by atoms with Crippen molar-refractivity contribution in [3.63, 3.8) is 0 Å². The molecule has 1 saturated heterocycles. The molecule has 2 atom stereocenters. The van der Waals surface area contributed by atoms with Gasteiger partial charge in [0.2, 0.25) is 10.0 Å². The number of hydrogen-bond acceptors (Lipinski definition) is 5. The van der Waals surface area contributed by atoms with Crippen LogP contribution in [0.4, 0.5) is 0 Å². The third-order valence-corrected chi connectivity index (χ3v) is 3.91. The third kappa shape index (κ3) is 5.44. The fourth-order valence-electron chi connectivity index (χ4n) is 1.55. The van der Waals surface area contributed by atoms with Crippen LogP contribution in [0.25, 0.3) is 0 Å². The van der Waals surface area contributed by atoms with E-state index in [9.17, 15) is 13.2 Å². The molecule has 1 aliphatic heterocycles. The minimum Gasteiger partial charge on any atom is -0.479 e. The molecule has 1 aliphatic rings. The molecule has 0 aromatic heterocycles. The summed E-state index contributed by atoms with van der Waals surface area (Å²) in [6.45, 7) is 0.487. The van der Waals surface area contributed by atoms with Crippen LogP contribution in [0.15, 0.2) is 0 Å². The number of aliphatic carboxylic acids is 1. The first-order chi connectivity index (χ1) is 7.91. The van der Waals surface area contributed by atoms with Crippen LogP contribution in [0.5, 0.6) is 0 Å². The van der Waals surface area contributed by atoms with E-state index in [1.54, 1.807) is 0 Å². The van der Waals surface area contributed by atoms with Crippen molar-refractivity contribution in [2.24, 2.45) is 0 Å². The largest absolute Gasteiger partial charge is 0.479 e. The number of aliphatic hydroxyl groups excluding tert-OH is 1. The quantitative estimate of drug-likeness (QED) is 0.541. The predicted molar refractivity (Wildman–Crippen MR) is 59.0 cm³/mol. The number of sulfonamides is 1. The Hall–Kier alpha value is -0.700. The Bertz CT molecular complexity index is 348. The lowest BCUT2D eigenvalue weighted by atomic mass is 10.3. The summed E-state index contributed by atoms with van der Waals surface area (Å²) in [5.41, 5.74) is 0. The minimum atomic E-state index is -3.47. The molecular weight excluding hydrogens is 250 g/mol. The van der Waals surface area contributed by atoms with E-state index in [2.05, 4.69) is 4.72 Å². The van der Waals surface area contributed by atoms with Crippen LogP contribution in [-0.2, 0) is 19.6 Å². The molecule has 17 heavy (non-hydrogen) atoms. The zero-order chi connectivity index (χ0) is 12.9. The molecule has 0 bridgehead atoms. The Morgan fingerprint density at radius 2 is 2.24 bits per heavy atom. The summed E-state index contributed by atoms with van der Waals surface area (Å²) in [6.07, 6.45) is -0.395. The topological polar surface area (TPSA) is 113 Å². The molecule has 1 heterocycles. The van der Waals surface area contributed by atoms with Crippen molar-refractivity contribution in [2.45, 2.75) is 31.5 Å². The van der Waals surface area contributed by atoms with Crippen LogP contribution in [0.1, 0.15) is 19.3 Å². The summed E-state index contributed by atoms with van der Waals surface area (Å²) in [5.74, 6) is -1.47. The second-order valence-corrected chi connectivity index (χ2v) is 5.80. The average molecular weight is 267 g/mol. The average Bonchev–Trinajstić information content (AvgIpc) is 2.68. The molecule has 0 spiro atoms. The molecule has 0 aromatic rings. The number of nitrogens with one attached hydrogen (secondary N) is 1. The van der Waals surface area contributed by atoms with Gasteiger partial charge in [0.25, 0.3) is 0 Å². The highest BCUT2D eigenvalue weighted by Crippen LogP contribution is 2.13. The zero-order valence-electron chi connectivity index (χ0n) is 9.33. The van der Waals surface area contributed by atoms with E-state index in [0.29, 0.717) is 6.61 Å². The van der Waals surface area contributed by atoms with Gasteiger partial charge in [-0.05, 0) is 19.3 Å². The maximum atomic E-state index is 11.5. The van der Waals surface area contributed by atoms with Crippen molar-refractivity contribution in [1.82, 2.24) is 4.72 Å². The Morgan fingerprint density at radius 1 is 1.53 bits per heavy atom. The van der Waals surface area contributed by atoms with Gasteiger partial charge in [0.05, 0.1) is 11.9 Å². The number of aliphatic hydroxyl groups is 1. The van der Waals surface area contributed by atoms with Gasteiger partial charge < -0.3 is 14.9 Å². The standard InChI is InChI=1S/C9H17NO6S/c11-8(9(12)13)3-4-10-17(14,15)6-7-2-1-5-16-7/h7-8,10-11H,1-6H2,(H,12,13). The van der Waals surface area contributed by atoms with Gasteiger partial charge in [0.1, 0.15) is 0 Å². The minimum absolute atomic E-state index is 0.0947. The first-order valence-corrected chi connectivity index (χ1v) is 7.06. The normalized spacial score (nSPS) is 22.5. The van der Waals surface area contributed by atoms with Gasteiger partial charge in [0, 0.05) is 13.2 Å². The highest BCUT2D eigenvalue weighted by molar-refractivity contribution is 7.89. The zero-order valence-corrected chi connectivity index (χ0v) is 10.1. The second-order valence-electron chi connectivity index (χ2n) is 3.95. The lowest BCUT2D eigenvalue weighted by Crippen LogP contribution is -2.34. The molecule has 8 heteroatoms. The summed E-state index contributed by atoms with van der Waals surface area (Å²) in [6, 6.07) is 0. The number of carboxylic acid groups (broad SMARTS) is 1. The van der Waals surface area contributed by atoms with Crippen LogP contribution >= 0.6 is 0 Å². The first kappa shape index (κ1) is 14.4. The van der Waals surface area contributed by atoms with E-state index >= 15 is 0 Å². The van der Waals surface area contributed by atoms with E-state index in [-0.39, 0.29) is 24.8 Å². The van der Waals surface area contributed by atoms with Crippen molar-refractivity contribution in [1.29, 1.82) is 0 Å². The van der Waals surface area contributed by atoms with Gasteiger partial charge in [-0.25, -0.2) is 17.9 Å². The van der Waals surface area contributed by atoms with Crippen LogP contribution in [0, 0.1) is 0 Å². The Morgan fingerprint density at radius 3 is 2.76 bits per heavy atom. The number of carboxylic acids is 1. The summed E-state index contributed by atoms with van der Waals surface area (Å²) in [4.78, 5) is 10.3. The summed E-state index contributed by atoms with van der Waals surface area (Å²) in [7, 11) is -3.47. The number of hydrogen-bond donors (Lipinski definition) is 3. The van der Waals surface area contributed by atoms with Gasteiger partial charge >= 0.3 is 5.97 Å². The van der Waals surface area contributed by atoms with Gasteiger partial charge in [-0.3, -0.25) is 0 Å². The SMILES string of the molecule is O=C(O)C(O)CCNS(=O)(=O)CC1CCCO1. The Labute approximate surface area is 99.8 Å². The van der Waals surface area contributed by atoms with Crippen molar-refractivity contribution < 1.29 is 28.2 Å². The van der Waals surface area contributed by atoms with Crippen molar-refractivity contribution in [2.75, 3.05) is 18.9 Å². The third-order valence-electron chi connectivity index (χ3n) is 2.45. The molecular formula is C9H17NO6S. The number of rotatable bonds is 7. The molecule has 1 rings (SSSR count). The van der Waals surface area contributed by atoms with Gasteiger partial charge in [-0.1, -0.05) is 0 Å². The smallest absolute Gasteiger partial charge is 0.332 e. The molecule has 2 unspecified atom stereocenters. The first-order valence-electron chi connectivity index (χ1n) is 5.40. The Kier molecular flexibility index (Phi) is 5.31. The molecule has 0 saturated carbocycles. The van der Waals surface area contributed by atoms with E-state index < -0.39 is 22.1 Å². The molecule has 100 valence electrons. The molecule has 1 fully saturated rings. The lowest BCUT2D eigenvalue weighted by Gasteiger charge is -2.11. The Balaban J connectivity index is 2.26. The molecule has 7 nitrogen and oxygen atoms in total. The highest BCUT2D eigenvalue weighted by atomic mass is 32.2. The second kappa shape index (κ2) is 6.29. The van der Waals surface area contributed by atoms with E-state index in [1.165, 1.54) is 0 Å². The monoisotopic (exact) mass is 267 g/mol. The number of ether oxygens (including phenoxy) is 1. The molecule has 0 aliphatic carbocycles. The fourth-order valence-corrected chi connectivity index (χ4v) is 2.85.